The molecule has 0 bridgehead atoms. The van der Waals surface area contributed by atoms with Crippen LogP contribution in [0.3, 0.4) is 0 Å². The Labute approximate surface area is 124 Å². The fourth-order valence-electron chi connectivity index (χ4n) is 2.88. The molecule has 104 valence electrons. The first-order valence-corrected chi connectivity index (χ1v) is 8.23. The molecule has 0 radical (unpaired) electrons. The van der Waals surface area contributed by atoms with Crippen molar-refractivity contribution in [2.75, 3.05) is 6.61 Å². The normalized spacial score (nSPS) is 19.1. The third-order valence-corrected chi connectivity index (χ3v) is 4.67. The zero-order valence-corrected chi connectivity index (χ0v) is 13.1. The fourth-order valence-corrected chi connectivity index (χ4v) is 3.43. The van der Waals surface area contributed by atoms with Crippen LogP contribution < -0.4 is 10.1 Å². The smallest absolute Gasteiger partial charge is 0.127 e. The van der Waals surface area contributed by atoms with Crippen LogP contribution in [0.1, 0.15) is 43.7 Å². The Morgan fingerprint density at radius 2 is 2.26 bits per heavy atom. The summed E-state index contributed by atoms with van der Waals surface area (Å²) in [5, 5.41) is 3.71. The maximum absolute atomic E-state index is 5.78. The minimum Gasteiger partial charge on any atom is -0.493 e. The van der Waals surface area contributed by atoms with Crippen LogP contribution in [-0.2, 0) is 13.0 Å². The Bertz CT molecular complexity index is 456. The van der Waals surface area contributed by atoms with Gasteiger partial charge in [-0.3, -0.25) is 0 Å². The highest BCUT2D eigenvalue weighted by molar-refractivity contribution is 9.10. The maximum Gasteiger partial charge on any atom is 0.127 e. The Balaban J connectivity index is 1.65. The SMILES string of the molecule is CCC(CC1CC1)NCc1cc(Br)cc2c1OCC2. The Hall–Kier alpha value is -0.540. The predicted molar refractivity (Wildman–Crippen MR) is 81.6 cm³/mol. The van der Waals surface area contributed by atoms with E-state index in [1.54, 1.807) is 0 Å². The summed E-state index contributed by atoms with van der Waals surface area (Å²) < 4.78 is 6.95. The zero-order chi connectivity index (χ0) is 13.2. The maximum atomic E-state index is 5.78. The first kappa shape index (κ1) is 13.4. The second kappa shape index (κ2) is 5.84. The molecule has 0 spiro atoms. The largest absolute Gasteiger partial charge is 0.493 e. The molecule has 1 aromatic carbocycles. The molecule has 3 heteroatoms. The average Bonchev–Trinajstić information content (AvgIpc) is 3.09. The molecule has 1 fully saturated rings. The fraction of sp³-hybridized carbons (Fsp3) is 0.625. The van der Waals surface area contributed by atoms with Crippen LogP contribution in [0.25, 0.3) is 0 Å². The van der Waals surface area contributed by atoms with E-state index < -0.39 is 0 Å². The molecule has 1 N–H and O–H groups in total. The zero-order valence-electron chi connectivity index (χ0n) is 11.5. The lowest BCUT2D eigenvalue weighted by Crippen LogP contribution is -2.28. The van der Waals surface area contributed by atoms with Crippen molar-refractivity contribution in [3.63, 3.8) is 0 Å². The van der Waals surface area contributed by atoms with E-state index in [1.165, 1.54) is 41.3 Å². The number of halogens is 1. The summed E-state index contributed by atoms with van der Waals surface area (Å²) in [4.78, 5) is 0. The van der Waals surface area contributed by atoms with Crippen molar-refractivity contribution in [2.45, 2.75) is 51.6 Å². The van der Waals surface area contributed by atoms with E-state index >= 15 is 0 Å². The first-order chi connectivity index (χ1) is 9.26. The van der Waals surface area contributed by atoms with Gasteiger partial charge in [0.25, 0.3) is 0 Å². The molecule has 0 amide bonds. The monoisotopic (exact) mass is 323 g/mol. The van der Waals surface area contributed by atoms with Gasteiger partial charge in [-0.15, -0.1) is 0 Å². The highest BCUT2D eigenvalue weighted by Gasteiger charge is 2.25. The minimum atomic E-state index is 0.656. The molecule has 2 nitrogen and oxygen atoms in total. The summed E-state index contributed by atoms with van der Waals surface area (Å²) >= 11 is 3.61. The summed E-state index contributed by atoms with van der Waals surface area (Å²) in [6.07, 6.45) is 6.48. The van der Waals surface area contributed by atoms with Crippen LogP contribution in [0.2, 0.25) is 0 Å². The van der Waals surface area contributed by atoms with E-state index in [-0.39, 0.29) is 0 Å². The van der Waals surface area contributed by atoms with Crippen molar-refractivity contribution >= 4 is 15.9 Å². The van der Waals surface area contributed by atoms with Gasteiger partial charge in [-0.05, 0) is 36.5 Å². The number of benzene rings is 1. The van der Waals surface area contributed by atoms with Gasteiger partial charge in [0.15, 0.2) is 0 Å². The standard InChI is InChI=1S/C16H22BrNO/c1-2-15(7-11-3-4-11)18-10-13-9-14(17)8-12-5-6-19-16(12)13/h8-9,11,15,18H,2-7,10H2,1H3. The van der Waals surface area contributed by atoms with Crippen LogP contribution in [0.5, 0.6) is 5.75 Å². The second-order valence-electron chi connectivity index (χ2n) is 5.82. The first-order valence-electron chi connectivity index (χ1n) is 7.43. The highest BCUT2D eigenvalue weighted by Crippen LogP contribution is 2.35. The molecule has 1 aliphatic heterocycles. The third-order valence-electron chi connectivity index (χ3n) is 4.21. The molecule has 1 saturated carbocycles. The van der Waals surface area contributed by atoms with Gasteiger partial charge in [0.05, 0.1) is 6.61 Å². The van der Waals surface area contributed by atoms with Crippen LogP contribution >= 0.6 is 15.9 Å². The molecular formula is C16H22BrNO. The molecule has 0 aromatic heterocycles. The Kier molecular flexibility index (Phi) is 4.13. The molecule has 1 heterocycles. The Morgan fingerprint density at radius 1 is 1.42 bits per heavy atom. The lowest BCUT2D eigenvalue weighted by Gasteiger charge is -2.18. The number of nitrogens with one attached hydrogen (secondary N) is 1. The van der Waals surface area contributed by atoms with E-state index in [0.29, 0.717) is 6.04 Å². The third kappa shape index (κ3) is 3.32. The topological polar surface area (TPSA) is 21.3 Å². The van der Waals surface area contributed by atoms with Crippen molar-refractivity contribution < 1.29 is 4.74 Å². The molecule has 1 unspecified atom stereocenters. The van der Waals surface area contributed by atoms with E-state index in [2.05, 4.69) is 40.3 Å². The van der Waals surface area contributed by atoms with E-state index in [1.807, 2.05) is 0 Å². The molecule has 1 aromatic rings. The van der Waals surface area contributed by atoms with Gasteiger partial charge < -0.3 is 10.1 Å². The lowest BCUT2D eigenvalue weighted by atomic mass is 10.1. The average molecular weight is 324 g/mol. The van der Waals surface area contributed by atoms with Crippen LogP contribution in [0, 0.1) is 5.92 Å². The molecular weight excluding hydrogens is 302 g/mol. The van der Waals surface area contributed by atoms with Crippen molar-refractivity contribution in [3.05, 3.63) is 27.7 Å². The van der Waals surface area contributed by atoms with Crippen molar-refractivity contribution in [2.24, 2.45) is 5.92 Å². The molecule has 3 rings (SSSR count). The van der Waals surface area contributed by atoms with Crippen molar-refractivity contribution in [3.8, 4) is 5.75 Å². The van der Waals surface area contributed by atoms with E-state index in [4.69, 9.17) is 4.74 Å². The van der Waals surface area contributed by atoms with Gasteiger partial charge in [0.2, 0.25) is 0 Å². The molecule has 0 saturated heterocycles. The van der Waals surface area contributed by atoms with Gasteiger partial charge >= 0.3 is 0 Å². The molecule has 1 atom stereocenters. The second-order valence-corrected chi connectivity index (χ2v) is 6.73. The molecule has 2 aliphatic rings. The predicted octanol–water partition coefficient (Wildman–Crippen LogP) is 4.05. The van der Waals surface area contributed by atoms with Crippen LogP contribution in [0.4, 0.5) is 0 Å². The van der Waals surface area contributed by atoms with Gasteiger partial charge in [-0.25, -0.2) is 0 Å². The van der Waals surface area contributed by atoms with Crippen LogP contribution in [0.15, 0.2) is 16.6 Å². The minimum absolute atomic E-state index is 0.656. The summed E-state index contributed by atoms with van der Waals surface area (Å²) in [6, 6.07) is 5.04. The summed E-state index contributed by atoms with van der Waals surface area (Å²) in [6.45, 7) is 4.03. The quantitative estimate of drug-likeness (QED) is 0.852. The van der Waals surface area contributed by atoms with E-state index in [0.717, 1.165) is 31.2 Å². The number of hydrogen-bond acceptors (Lipinski definition) is 2. The molecule has 1 aliphatic carbocycles. The van der Waals surface area contributed by atoms with E-state index in [9.17, 15) is 0 Å². The Morgan fingerprint density at radius 3 is 3.00 bits per heavy atom. The number of rotatable bonds is 6. The van der Waals surface area contributed by atoms with Gasteiger partial charge in [0, 0.05) is 29.0 Å². The summed E-state index contributed by atoms with van der Waals surface area (Å²) in [7, 11) is 0. The van der Waals surface area contributed by atoms with Gasteiger partial charge in [-0.1, -0.05) is 35.7 Å². The number of fused-ring (bicyclic) bond motifs is 1. The van der Waals surface area contributed by atoms with Gasteiger partial charge in [-0.2, -0.15) is 0 Å². The summed E-state index contributed by atoms with van der Waals surface area (Å²) in [5.74, 6) is 2.11. The summed E-state index contributed by atoms with van der Waals surface area (Å²) in [5.41, 5.74) is 2.65. The molecule has 19 heavy (non-hydrogen) atoms. The van der Waals surface area contributed by atoms with Crippen LogP contribution in [-0.4, -0.2) is 12.6 Å². The van der Waals surface area contributed by atoms with Crippen molar-refractivity contribution in [1.29, 1.82) is 0 Å². The number of hydrogen-bond donors (Lipinski definition) is 1. The number of ether oxygens (including phenoxy) is 1. The van der Waals surface area contributed by atoms with Crippen molar-refractivity contribution in [1.82, 2.24) is 5.32 Å². The lowest BCUT2D eigenvalue weighted by molar-refractivity contribution is 0.350. The highest BCUT2D eigenvalue weighted by atomic mass is 79.9. The van der Waals surface area contributed by atoms with Gasteiger partial charge in [0.1, 0.15) is 5.75 Å².